The Labute approximate surface area is 218 Å². The maximum atomic E-state index is 5.78. The first-order chi connectivity index (χ1) is 16.6. The largest absolute Gasteiger partial charge is 0.268 e. The summed E-state index contributed by atoms with van der Waals surface area (Å²) in [5.74, 6) is 4.32. The Morgan fingerprint density at radius 3 is 1.83 bits per heavy atom. The molecule has 35 heavy (non-hydrogen) atoms. The van der Waals surface area contributed by atoms with Crippen LogP contribution in [0, 0.1) is 35.5 Å². The van der Waals surface area contributed by atoms with E-state index in [0.29, 0.717) is 23.4 Å². The van der Waals surface area contributed by atoms with Crippen molar-refractivity contribution in [3.8, 4) is 0 Å². The summed E-state index contributed by atoms with van der Waals surface area (Å²) in [6, 6.07) is 7.01. The molecular weight excluding hydrogens is 445 g/mol. The van der Waals surface area contributed by atoms with Crippen LogP contribution in [0.3, 0.4) is 0 Å². The number of para-hydroxylation sites is 1. The second-order valence-electron chi connectivity index (χ2n) is 13.3. The molecule has 4 heteroatoms. The van der Waals surface area contributed by atoms with E-state index in [1.807, 2.05) is 0 Å². The fourth-order valence-corrected chi connectivity index (χ4v) is 10.6. The molecule has 196 valence electrons. The number of hydrogen-bond donors (Lipinski definition) is 0. The van der Waals surface area contributed by atoms with E-state index in [1.54, 1.807) is 5.71 Å². The summed E-state index contributed by atoms with van der Waals surface area (Å²) in [5.41, 5.74) is 6.57. The van der Waals surface area contributed by atoms with E-state index in [-0.39, 0.29) is 8.22 Å². The van der Waals surface area contributed by atoms with Crippen molar-refractivity contribution in [1.29, 1.82) is 0 Å². The Bertz CT molecular complexity index is 828. The van der Waals surface area contributed by atoms with Gasteiger partial charge in [0.05, 0.1) is 5.69 Å². The van der Waals surface area contributed by atoms with Crippen molar-refractivity contribution >= 4 is 19.6 Å². The van der Waals surface area contributed by atoms with Crippen molar-refractivity contribution in [2.75, 3.05) is 26.2 Å². The van der Waals surface area contributed by atoms with Crippen LogP contribution in [0.4, 0.5) is 5.69 Å². The molecule has 3 nitrogen and oxygen atoms in total. The van der Waals surface area contributed by atoms with Crippen LogP contribution in [-0.2, 0) is 12.8 Å². The third-order valence-electron chi connectivity index (χ3n) is 7.94. The lowest BCUT2D eigenvalue weighted by Gasteiger charge is -2.40. The zero-order valence-electron chi connectivity index (χ0n) is 23.9. The molecule has 3 atom stereocenters. The van der Waals surface area contributed by atoms with E-state index in [1.165, 1.54) is 62.3 Å². The van der Waals surface area contributed by atoms with Gasteiger partial charge in [0, 0.05) is 45.8 Å². The first-order valence-electron chi connectivity index (χ1n) is 14.6. The normalized spacial score (nSPS) is 27.2. The number of rotatable bonds is 10. The quantitative estimate of drug-likeness (QED) is 0.303. The van der Waals surface area contributed by atoms with Crippen molar-refractivity contribution in [2.24, 2.45) is 40.5 Å². The Hall–Kier alpha value is -0.760. The number of nitrogens with zero attached hydrogens (tertiary/aromatic N) is 3. The highest BCUT2D eigenvalue weighted by Gasteiger charge is 2.53. The van der Waals surface area contributed by atoms with Crippen molar-refractivity contribution < 1.29 is 0 Å². The predicted molar refractivity (Wildman–Crippen MR) is 155 cm³/mol. The lowest BCUT2D eigenvalue weighted by atomic mass is 9.93. The Balaban J connectivity index is 1.77. The van der Waals surface area contributed by atoms with Crippen LogP contribution < -0.4 is 0 Å². The van der Waals surface area contributed by atoms with E-state index < -0.39 is 0 Å². The van der Waals surface area contributed by atoms with Gasteiger partial charge in [0.15, 0.2) is 0 Å². The molecule has 1 saturated heterocycles. The minimum atomic E-state index is -0.305. The molecule has 3 fully saturated rings. The van der Waals surface area contributed by atoms with E-state index in [0.717, 1.165) is 30.6 Å². The molecular formula is C31H52N3P. The highest BCUT2D eigenvalue weighted by atomic mass is 31.1. The standard InChI is InChI=1S/C31H52N3P/c1-21(2)16-25-10-9-11-26(17-22(3)4)29(25)32-30-27-12-13-28(18-27)31(30)35-33(19-23(5)6)14-15-34(35)20-24(7)8/h9-11,21-24,27-28,31H,12-20H2,1-8H3. The van der Waals surface area contributed by atoms with Crippen LogP contribution in [0.25, 0.3) is 0 Å². The van der Waals surface area contributed by atoms with Crippen LogP contribution in [-0.4, -0.2) is 46.9 Å². The summed E-state index contributed by atoms with van der Waals surface area (Å²) in [5, 5.41) is 0. The van der Waals surface area contributed by atoms with Crippen LogP contribution in [0.15, 0.2) is 23.2 Å². The molecule has 1 aromatic rings. The van der Waals surface area contributed by atoms with Gasteiger partial charge in [-0.25, -0.2) is 0 Å². The first kappa shape index (κ1) is 27.3. The van der Waals surface area contributed by atoms with E-state index in [9.17, 15) is 0 Å². The maximum absolute atomic E-state index is 5.78. The number of aliphatic imine (C=N–C) groups is 1. The number of fused-ring (bicyclic) bond motifs is 2. The second-order valence-corrected chi connectivity index (χ2v) is 15.6. The molecule has 3 unspecified atom stereocenters. The molecule has 0 radical (unpaired) electrons. The van der Waals surface area contributed by atoms with Gasteiger partial charge in [0.25, 0.3) is 0 Å². The number of hydrogen-bond acceptors (Lipinski definition) is 3. The molecule has 1 aliphatic heterocycles. The Morgan fingerprint density at radius 2 is 1.34 bits per heavy atom. The molecule has 2 bridgehead atoms. The van der Waals surface area contributed by atoms with E-state index in [4.69, 9.17) is 4.99 Å². The fraction of sp³-hybridized carbons (Fsp3) is 0.774. The summed E-state index contributed by atoms with van der Waals surface area (Å²) >= 11 is 0. The molecule has 0 amide bonds. The highest BCUT2D eigenvalue weighted by Crippen LogP contribution is 2.63. The van der Waals surface area contributed by atoms with Crippen molar-refractivity contribution in [3.63, 3.8) is 0 Å². The SMILES string of the molecule is CC(C)Cc1cccc(CC(C)C)c1N=C1C2CCC(C2)C1P1N(CC(C)C)CCN1CC(C)C. The molecule has 0 spiro atoms. The molecule has 3 aliphatic rings. The molecule has 2 aliphatic carbocycles. The van der Waals surface area contributed by atoms with E-state index >= 15 is 0 Å². The first-order valence-corrected chi connectivity index (χ1v) is 15.9. The molecule has 1 heterocycles. The van der Waals surface area contributed by atoms with Gasteiger partial charge >= 0.3 is 0 Å². The molecule has 4 rings (SSSR count). The van der Waals surface area contributed by atoms with E-state index in [2.05, 4.69) is 82.9 Å². The van der Waals surface area contributed by atoms with Crippen LogP contribution in [0.2, 0.25) is 0 Å². The lowest BCUT2D eigenvalue weighted by Crippen LogP contribution is -2.36. The van der Waals surface area contributed by atoms with Gasteiger partial charge in [-0.15, -0.1) is 0 Å². The van der Waals surface area contributed by atoms with Crippen LogP contribution >= 0.6 is 8.22 Å². The van der Waals surface area contributed by atoms with Gasteiger partial charge in [-0.1, -0.05) is 73.6 Å². The van der Waals surface area contributed by atoms with Gasteiger partial charge in [-0.05, 0) is 78.7 Å². The summed E-state index contributed by atoms with van der Waals surface area (Å²) in [7, 11) is -0.305. The lowest BCUT2D eigenvalue weighted by molar-refractivity contribution is 0.401. The third-order valence-corrected chi connectivity index (χ3v) is 11.0. The highest BCUT2D eigenvalue weighted by molar-refractivity contribution is 7.55. The smallest absolute Gasteiger partial charge is 0.0693 e. The average molecular weight is 498 g/mol. The molecule has 1 aromatic carbocycles. The molecule has 0 aromatic heterocycles. The Kier molecular flexibility index (Phi) is 9.15. The van der Waals surface area contributed by atoms with Crippen molar-refractivity contribution in [3.05, 3.63) is 29.3 Å². The number of benzene rings is 1. The van der Waals surface area contributed by atoms with Gasteiger partial charge in [-0.2, -0.15) is 0 Å². The molecule has 2 saturated carbocycles. The maximum Gasteiger partial charge on any atom is 0.0693 e. The van der Waals surface area contributed by atoms with Gasteiger partial charge in [0.1, 0.15) is 0 Å². The van der Waals surface area contributed by atoms with Crippen molar-refractivity contribution in [1.82, 2.24) is 9.34 Å². The Morgan fingerprint density at radius 1 is 0.800 bits per heavy atom. The van der Waals surface area contributed by atoms with Gasteiger partial charge in [-0.3, -0.25) is 14.3 Å². The summed E-state index contributed by atoms with van der Waals surface area (Å²) in [4.78, 5) is 5.78. The zero-order chi connectivity index (χ0) is 25.3. The summed E-state index contributed by atoms with van der Waals surface area (Å²) in [6.45, 7) is 24.0. The van der Waals surface area contributed by atoms with Crippen LogP contribution in [0.1, 0.15) is 85.8 Å². The monoisotopic (exact) mass is 497 g/mol. The minimum Gasteiger partial charge on any atom is -0.268 e. The van der Waals surface area contributed by atoms with Crippen molar-refractivity contribution in [2.45, 2.75) is 93.2 Å². The summed E-state index contributed by atoms with van der Waals surface area (Å²) in [6.07, 6.45) is 6.43. The zero-order valence-corrected chi connectivity index (χ0v) is 24.8. The van der Waals surface area contributed by atoms with Crippen LogP contribution in [0.5, 0.6) is 0 Å². The second kappa shape index (κ2) is 11.7. The van der Waals surface area contributed by atoms with Gasteiger partial charge in [0.2, 0.25) is 0 Å². The topological polar surface area (TPSA) is 18.8 Å². The average Bonchev–Trinajstić information content (AvgIpc) is 3.44. The third kappa shape index (κ3) is 6.39. The fourth-order valence-electron chi connectivity index (χ4n) is 6.80. The molecule has 0 N–H and O–H groups in total. The van der Waals surface area contributed by atoms with Gasteiger partial charge < -0.3 is 0 Å². The summed E-state index contributed by atoms with van der Waals surface area (Å²) < 4.78 is 5.80. The minimum absolute atomic E-state index is 0.305. The predicted octanol–water partition coefficient (Wildman–Crippen LogP) is 8.20.